The van der Waals surface area contributed by atoms with Crippen LogP contribution in [0.1, 0.15) is 25.5 Å². The zero-order valence-corrected chi connectivity index (χ0v) is 11.5. The summed E-state index contributed by atoms with van der Waals surface area (Å²) >= 11 is 5.91. The second kappa shape index (κ2) is 3.68. The Labute approximate surface area is 109 Å². The molecule has 0 radical (unpaired) electrons. The van der Waals surface area contributed by atoms with Gasteiger partial charge in [-0.15, -0.1) is 0 Å². The molecular formula is C12H14ClN5. The van der Waals surface area contributed by atoms with E-state index in [0.717, 1.165) is 22.1 Å². The molecule has 0 amide bonds. The number of hydrogen-bond acceptors (Lipinski definition) is 3. The molecule has 0 N–H and O–H groups in total. The Bertz CT molecular complexity index is 753. The second-order valence-electron chi connectivity index (χ2n) is 4.79. The summed E-state index contributed by atoms with van der Waals surface area (Å²) in [5.41, 5.74) is 3.93. The molecule has 5 nitrogen and oxygen atoms in total. The topological polar surface area (TPSA) is 48.5 Å². The number of nitrogens with zero attached hydrogens (tertiary/aromatic N) is 5. The van der Waals surface area contributed by atoms with Gasteiger partial charge in [-0.05, 0) is 17.5 Å². The minimum Gasteiger partial charge on any atom is -0.324 e. The number of aromatic nitrogens is 5. The van der Waals surface area contributed by atoms with Crippen molar-refractivity contribution in [1.29, 1.82) is 0 Å². The number of rotatable bonds is 1. The molecule has 0 aromatic carbocycles. The molecule has 0 saturated carbocycles. The first-order chi connectivity index (χ1) is 8.50. The van der Waals surface area contributed by atoms with Crippen LogP contribution in [0.25, 0.3) is 22.1 Å². The van der Waals surface area contributed by atoms with E-state index >= 15 is 0 Å². The number of fused-ring (bicyclic) bond motifs is 3. The molecule has 3 aromatic rings. The lowest BCUT2D eigenvalue weighted by Crippen LogP contribution is -2.01. The largest absolute Gasteiger partial charge is 0.324 e. The molecule has 0 saturated heterocycles. The first-order valence-corrected chi connectivity index (χ1v) is 6.22. The van der Waals surface area contributed by atoms with E-state index in [4.69, 9.17) is 11.6 Å². The first-order valence-electron chi connectivity index (χ1n) is 5.84. The lowest BCUT2D eigenvalue weighted by atomic mass is 10.1. The molecule has 3 heterocycles. The van der Waals surface area contributed by atoms with Crippen molar-refractivity contribution >= 4 is 33.7 Å². The maximum atomic E-state index is 5.91. The van der Waals surface area contributed by atoms with Gasteiger partial charge in [0.15, 0.2) is 5.65 Å². The molecule has 0 fully saturated rings. The number of aryl methyl sites for hydroxylation is 2. The maximum Gasteiger partial charge on any atom is 0.223 e. The average molecular weight is 264 g/mol. The highest BCUT2D eigenvalue weighted by molar-refractivity contribution is 6.28. The maximum absolute atomic E-state index is 5.91. The molecular weight excluding hydrogens is 250 g/mol. The Kier molecular flexibility index (Phi) is 2.35. The third-order valence-corrected chi connectivity index (χ3v) is 3.46. The highest BCUT2D eigenvalue weighted by Gasteiger charge is 2.20. The van der Waals surface area contributed by atoms with Crippen molar-refractivity contribution in [2.75, 3.05) is 0 Å². The lowest BCUT2D eigenvalue weighted by Gasteiger charge is -2.05. The van der Waals surface area contributed by atoms with E-state index in [0.29, 0.717) is 5.92 Å². The summed E-state index contributed by atoms with van der Waals surface area (Å²) in [5.74, 6) is 0.374. The van der Waals surface area contributed by atoms with Crippen LogP contribution in [0, 0.1) is 0 Å². The van der Waals surface area contributed by atoms with Crippen molar-refractivity contribution in [2.45, 2.75) is 19.8 Å². The van der Waals surface area contributed by atoms with Crippen LogP contribution in [0.3, 0.4) is 0 Å². The molecule has 6 heteroatoms. The van der Waals surface area contributed by atoms with Gasteiger partial charge in [0.25, 0.3) is 0 Å². The average Bonchev–Trinajstić information content (AvgIpc) is 2.76. The Morgan fingerprint density at radius 1 is 1.28 bits per heavy atom. The van der Waals surface area contributed by atoms with Crippen LogP contribution >= 0.6 is 11.6 Å². The molecule has 18 heavy (non-hydrogen) atoms. The molecule has 0 unspecified atom stereocenters. The van der Waals surface area contributed by atoms with Crippen LogP contribution in [-0.4, -0.2) is 24.3 Å². The van der Waals surface area contributed by atoms with Crippen LogP contribution < -0.4 is 0 Å². The summed E-state index contributed by atoms with van der Waals surface area (Å²) < 4.78 is 3.93. The highest BCUT2D eigenvalue weighted by Crippen LogP contribution is 2.32. The van der Waals surface area contributed by atoms with Crippen molar-refractivity contribution in [3.63, 3.8) is 0 Å². The summed E-state index contributed by atoms with van der Waals surface area (Å²) in [4.78, 5) is 8.40. The molecule has 0 aliphatic carbocycles. The van der Waals surface area contributed by atoms with E-state index in [9.17, 15) is 0 Å². The molecule has 0 spiro atoms. The minimum absolute atomic E-state index is 0.272. The van der Waals surface area contributed by atoms with Gasteiger partial charge in [0.2, 0.25) is 5.28 Å². The van der Waals surface area contributed by atoms with Crippen LogP contribution in [0.2, 0.25) is 5.28 Å². The van der Waals surface area contributed by atoms with Crippen LogP contribution in [0.5, 0.6) is 0 Å². The summed E-state index contributed by atoms with van der Waals surface area (Å²) in [6.45, 7) is 4.30. The summed E-state index contributed by atoms with van der Waals surface area (Å²) in [5, 5.41) is 5.92. The number of halogens is 1. The van der Waals surface area contributed by atoms with Crippen molar-refractivity contribution in [3.8, 4) is 0 Å². The van der Waals surface area contributed by atoms with Crippen molar-refractivity contribution < 1.29 is 0 Å². The molecule has 3 aromatic heterocycles. The smallest absolute Gasteiger partial charge is 0.223 e. The molecule has 0 bridgehead atoms. The van der Waals surface area contributed by atoms with E-state index in [1.165, 1.54) is 5.69 Å². The minimum atomic E-state index is 0.272. The van der Waals surface area contributed by atoms with E-state index < -0.39 is 0 Å². The Hall–Kier alpha value is -1.62. The van der Waals surface area contributed by atoms with Gasteiger partial charge >= 0.3 is 0 Å². The molecule has 3 rings (SSSR count). The van der Waals surface area contributed by atoms with Crippen molar-refractivity contribution in [2.24, 2.45) is 14.1 Å². The van der Waals surface area contributed by atoms with Gasteiger partial charge in [-0.3, -0.25) is 4.68 Å². The fourth-order valence-electron chi connectivity index (χ4n) is 2.54. The summed E-state index contributed by atoms with van der Waals surface area (Å²) in [7, 11) is 3.93. The predicted octanol–water partition coefficient (Wildman–Crippen LogP) is 2.63. The van der Waals surface area contributed by atoms with Gasteiger partial charge in [-0.1, -0.05) is 13.8 Å². The Balaban J connectivity index is 2.57. The Morgan fingerprint density at radius 2 is 2.00 bits per heavy atom. The van der Waals surface area contributed by atoms with Crippen LogP contribution in [-0.2, 0) is 14.1 Å². The monoisotopic (exact) mass is 263 g/mol. The van der Waals surface area contributed by atoms with Crippen molar-refractivity contribution in [1.82, 2.24) is 24.3 Å². The van der Waals surface area contributed by atoms with Gasteiger partial charge in [-0.2, -0.15) is 5.10 Å². The fourth-order valence-corrected chi connectivity index (χ4v) is 2.68. The third-order valence-electron chi connectivity index (χ3n) is 3.28. The fraction of sp³-hybridized carbons (Fsp3) is 0.417. The normalized spacial score (nSPS) is 12.1. The molecule has 0 atom stereocenters. The van der Waals surface area contributed by atoms with Crippen LogP contribution in [0.15, 0.2) is 6.20 Å². The van der Waals surface area contributed by atoms with Gasteiger partial charge in [0.1, 0.15) is 5.52 Å². The van der Waals surface area contributed by atoms with E-state index in [2.05, 4.69) is 28.9 Å². The zero-order chi connectivity index (χ0) is 13.0. The van der Waals surface area contributed by atoms with Gasteiger partial charge in [0, 0.05) is 14.1 Å². The van der Waals surface area contributed by atoms with E-state index in [-0.39, 0.29) is 5.28 Å². The quantitative estimate of drug-likeness (QED) is 0.634. The van der Waals surface area contributed by atoms with Gasteiger partial charge < -0.3 is 4.57 Å². The highest BCUT2D eigenvalue weighted by atomic mass is 35.5. The van der Waals surface area contributed by atoms with E-state index in [1.807, 2.05) is 23.3 Å². The SMILES string of the molecule is CC(C)c1c2c3nc(Cl)ncc3n(C)c2nn1C. The molecule has 94 valence electrons. The van der Waals surface area contributed by atoms with E-state index in [1.54, 1.807) is 6.20 Å². The first kappa shape index (κ1) is 11.5. The zero-order valence-electron chi connectivity index (χ0n) is 10.8. The van der Waals surface area contributed by atoms with Crippen molar-refractivity contribution in [3.05, 3.63) is 17.2 Å². The standard InChI is InChI=1S/C12H14ClN5/c1-6(2)10-8-9-7(5-14-12(13)15-9)17(3)11(8)16-18(10)4/h5-6H,1-4H3. The second-order valence-corrected chi connectivity index (χ2v) is 5.13. The summed E-state index contributed by atoms with van der Waals surface area (Å²) in [6.07, 6.45) is 1.75. The van der Waals surface area contributed by atoms with Gasteiger partial charge in [0.05, 0.1) is 22.8 Å². The lowest BCUT2D eigenvalue weighted by molar-refractivity contribution is 0.673. The van der Waals surface area contributed by atoms with Crippen LogP contribution in [0.4, 0.5) is 0 Å². The third kappa shape index (κ3) is 1.37. The number of hydrogen-bond donors (Lipinski definition) is 0. The molecule has 0 aliphatic rings. The predicted molar refractivity (Wildman–Crippen MR) is 71.9 cm³/mol. The summed E-state index contributed by atoms with van der Waals surface area (Å²) in [6, 6.07) is 0. The Morgan fingerprint density at radius 3 is 2.67 bits per heavy atom. The molecule has 0 aliphatic heterocycles. The van der Waals surface area contributed by atoms with Gasteiger partial charge in [-0.25, -0.2) is 9.97 Å².